The molecule has 1 rings (SSSR count). The van der Waals surface area contributed by atoms with Crippen molar-refractivity contribution in [1.29, 1.82) is 0 Å². The Labute approximate surface area is 58.6 Å². The Kier molecular flexibility index (Phi) is 2.42. The summed E-state index contributed by atoms with van der Waals surface area (Å²) in [6.07, 6.45) is 0.829. The SMILES string of the molecule is O=C[PH]1(Cl)OCCCO1. The van der Waals surface area contributed by atoms with Crippen molar-refractivity contribution in [3.05, 3.63) is 0 Å². The molecule has 9 heavy (non-hydrogen) atoms. The molecule has 0 unspecified atom stereocenters. The van der Waals surface area contributed by atoms with Crippen molar-refractivity contribution in [3.63, 3.8) is 0 Å². The van der Waals surface area contributed by atoms with E-state index in [9.17, 15) is 4.79 Å². The van der Waals surface area contributed by atoms with Crippen molar-refractivity contribution in [2.24, 2.45) is 0 Å². The molecule has 0 radical (unpaired) electrons. The zero-order chi connectivity index (χ0) is 6.74. The molecule has 0 aliphatic carbocycles. The fraction of sp³-hybridized carbons (Fsp3) is 0.750. The van der Waals surface area contributed by atoms with Gasteiger partial charge in [0.2, 0.25) is 0 Å². The Morgan fingerprint density at radius 1 is 1.44 bits per heavy atom. The van der Waals surface area contributed by atoms with Crippen molar-refractivity contribution >= 4 is 24.3 Å². The summed E-state index contributed by atoms with van der Waals surface area (Å²) < 4.78 is 9.86. The third-order valence-electron chi connectivity index (χ3n) is 1.03. The molecule has 0 aromatic rings. The number of carbonyl (C=O) groups excluding carboxylic acids is 1. The molecule has 1 heterocycles. The fourth-order valence-electron chi connectivity index (χ4n) is 0.591. The summed E-state index contributed by atoms with van der Waals surface area (Å²) in [5.74, 6) is 0. The predicted molar refractivity (Wildman–Crippen MR) is 37.4 cm³/mol. The van der Waals surface area contributed by atoms with Gasteiger partial charge in [-0.1, -0.05) is 0 Å². The summed E-state index contributed by atoms with van der Waals surface area (Å²) >= 11 is 5.59. The van der Waals surface area contributed by atoms with Crippen molar-refractivity contribution in [2.45, 2.75) is 6.42 Å². The molecule has 0 aromatic carbocycles. The van der Waals surface area contributed by atoms with E-state index in [0.717, 1.165) is 6.42 Å². The maximum absolute atomic E-state index is 10.2. The Hall–Kier alpha value is 0.310. The first-order valence-electron chi connectivity index (χ1n) is 2.70. The van der Waals surface area contributed by atoms with Gasteiger partial charge < -0.3 is 0 Å². The molecular weight excluding hydrogens is 162 g/mol. The van der Waals surface area contributed by atoms with Crippen LogP contribution in [0.3, 0.4) is 0 Å². The molecule has 1 aliphatic heterocycles. The van der Waals surface area contributed by atoms with Crippen LogP contribution in [0.4, 0.5) is 0 Å². The maximum atomic E-state index is 10.2. The Bertz CT molecular complexity index is 112. The minimum absolute atomic E-state index is 0.550. The van der Waals surface area contributed by atoms with Crippen molar-refractivity contribution in [3.8, 4) is 0 Å². The molecule has 1 saturated heterocycles. The van der Waals surface area contributed by atoms with Gasteiger partial charge >= 0.3 is 57.8 Å². The van der Waals surface area contributed by atoms with Gasteiger partial charge in [-0.25, -0.2) is 0 Å². The molecule has 54 valence electrons. The molecule has 0 saturated carbocycles. The first kappa shape index (κ1) is 7.42. The second-order valence-electron chi connectivity index (χ2n) is 1.75. The molecule has 0 N–H and O–H groups in total. The van der Waals surface area contributed by atoms with Gasteiger partial charge in [-0.05, 0) is 0 Å². The van der Waals surface area contributed by atoms with Gasteiger partial charge in [-0.15, -0.1) is 0 Å². The first-order valence-corrected chi connectivity index (χ1v) is 5.60. The minimum atomic E-state index is -2.82. The van der Waals surface area contributed by atoms with Crippen LogP contribution in [0.5, 0.6) is 0 Å². The summed E-state index contributed by atoms with van der Waals surface area (Å²) in [7, 11) is -2.82. The van der Waals surface area contributed by atoms with Crippen LogP contribution in [-0.2, 0) is 13.8 Å². The number of rotatable bonds is 1. The third kappa shape index (κ3) is 1.87. The van der Waals surface area contributed by atoms with E-state index in [1.54, 1.807) is 0 Å². The Balaban J connectivity index is 2.46. The van der Waals surface area contributed by atoms with Crippen LogP contribution < -0.4 is 0 Å². The second-order valence-corrected chi connectivity index (χ2v) is 5.31. The van der Waals surface area contributed by atoms with Crippen LogP contribution in [0.2, 0.25) is 0 Å². The topological polar surface area (TPSA) is 35.5 Å². The predicted octanol–water partition coefficient (Wildman–Crippen LogP) is 1.35. The van der Waals surface area contributed by atoms with Crippen molar-refractivity contribution < 1.29 is 13.8 Å². The van der Waals surface area contributed by atoms with Gasteiger partial charge in [0.1, 0.15) is 0 Å². The zero-order valence-corrected chi connectivity index (χ0v) is 6.56. The third-order valence-corrected chi connectivity index (χ3v) is 3.43. The number of carbonyl (C=O) groups is 1. The molecule has 0 amide bonds. The van der Waals surface area contributed by atoms with Crippen LogP contribution in [0.1, 0.15) is 6.42 Å². The van der Waals surface area contributed by atoms with Gasteiger partial charge in [-0.2, -0.15) is 0 Å². The van der Waals surface area contributed by atoms with Gasteiger partial charge in [0.25, 0.3) is 0 Å². The molecule has 1 aliphatic rings. The van der Waals surface area contributed by atoms with E-state index >= 15 is 0 Å². The molecule has 1 fully saturated rings. The average molecular weight is 171 g/mol. The standard InChI is InChI=1S/C4H8ClO3P/c5-9(4-6)7-2-1-3-8-9/h4,9H,1-3H2. The van der Waals surface area contributed by atoms with E-state index in [4.69, 9.17) is 20.3 Å². The summed E-state index contributed by atoms with van der Waals surface area (Å²) in [6.45, 7) is 1.10. The van der Waals surface area contributed by atoms with E-state index in [1.165, 1.54) is 0 Å². The van der Waals surface area contributed by atoms with Crippen LogP contribution in [0, 0.1) is 0 Å². The molecule has 0 bridgehead atoms. The van der Waals surface area contributed by atoms with Gasteiger partial charge in [0.05, 0.1) is 0 Å². The van der Waals surface area contributed by atoms with Gasteiger partial charge in [-0.3, -0.25) is 0 Å². The van der Waals surface area contributed by atoms with Gasteiger partial charge in [0, 0.05) is 0 Å². The van der Waals surface area contributed by atoms with Crippen molar-refractivity contribution in [1.82, 2.24) is 0 Å². The second kappa shape index (κ2) is 2.93. The van der Waals surface area contributed by atoms with E-state index in [1.807, 2.05) is 0 Å². The quantitative estimate of drug-likeness (QED) is 0.440. The van der Waals surface area contributed by atoms with Crippen LogP contribution >= 0.6 is 18.3 Å². The summed E-state index contributed by atoms with van der Waals surface area (Å²) in [4.78, 5) is 10.2. The molecule has 3 nitrogen and oxygen atoms in total. The first-order chi connectivity index (χ1) is 4.27. The molecular formula is C4H8ClO3P. The monoisotopic (exact) mass is 170 g/mol. The van der Waals surface area contributed by atoms with E-state index < -0.39 is 7.07 Å². The summed E-state index contributed by atoms with van der Waals surface area (Å²) in [5.41, 5.74) is 0. The normalized spacial score (nSPS) is 29.0. The molecule has 0 atom stereocenters. The van der Waals surface area contributed by atoms with Crippen LogP contribution in [-0.4, -0.2) is 19.2 Å². The summed E-state index contributed by atoms with van der Waals surface area (Å²) in [6, 6.07) is 0.591. The molecule has 0 aromatic heterocycles. The van der Waals surface area contributed by atoms with Crippen LogP contribution in [0.25, 0.3) is 0 Å². The number of hydrogen-bond donors (Lipinski definition) is 0. The van der Waals surface area contributed by atoms with E-state index in [-0.39, 0.29) is 0 Å². The number of halogens is 1. The number of hydrogen-bond acceptors (Lipinski definition) is 3. The van der Waals surface area contributed by atoms with Crippen molar-refractivity contribution in [2.75, 3.05) is 13.2 Å². The van der Waals surface area contributed by atoms with E-state index in [2.05, 4.69) is 0 Å². The van der Waals surface area contributed by atoms with Gasteiger partial charge in [0.15, 0.2) is 0 Å². The zero-order valence-electron chi connectivity index (χ0n) is 4.80. The summed E-state index contributed by atoms with van der Waals surface area (Å²) in [5, 5.41) is 0. The van der Waals surface area contributed by atoms with E-state index in [0.29, 0.717) is 19.2 Å². The molecule has 0 spiro atoms. The fourth-order valence-corrected chi connectivity index (χ4v) is 2.12. The Morgan fingerprint density at radius 2 is 2.00 bits per heavy atom. The average Bonchev–Trinajstić information content (AvgIpc) is 1.90. The Morgan fingerprint density at radius 3 is 2.33 bits per heavy atom. The molecule has 5 heteroatoms. The van der Waals surface area contributed by atoms with Crippen LogP contribution in [0.15, 0.2) is 0 Å².